The standard InChI is InChI=1S/C19H13BrClN3O3/c20-14-3-1-11(2-4-14)19(25)24-22-10-13-7-12-8-16-17(27-6-5-26-16)9-15(12)23-18(13)21/h1-4,7-10H,5-6H2,(H,24,25)/b22-10+. The number of carbonyl (C=O) groups is 1. The molecule has 0 saturated heterocycles. The smallest absolute Gasteiger partial charge is 0.271 e. The fraction of sp³-hybridized carbons (Fsp3) is 0.105. The number of pyridine rings is 1. The van der Waals surface area contributed by atoms with Crippen LogP contribution in [0, 0.1) is 0 Å². The Balaban J connectivity index is 1.55. The Morgan fingerprint density at radius 1 is 1.15 bits per heavy atom. The lowest BCUT2D eigenvalue weighted by atomic mass is 10.1. The van der Waals surface area contributed by atoms with E-state index < -0.39 is 0 Å². The molecule has 2 aromatic carbocycles. The molecule has 3 aromatic rings. The third kappa shape index (κ3) is 3.89. The van der Waals surface area contributed by atoms with Crippen molar-refractivity contribution in [3.8, 4) is 11.5 Å². The van der Waals surface area contributed by atoms with Crippen LogP contribution in [0.15, 0.2) is 52.0 Å². The van der Waals surface area contributed by atoms with Gasteiger partial charge >= 0.3 is 0 Å². The molecule has 8 heteroatoms. The number of carbonyl (C=O) groups excluding carboxylic acids is 1. The SMILES string of the molecule is O=C(N/N=C/c1cc2cc3c(cc2nc1Cl)OCCO3)c1ccc(Br)cc1. The molecular formula is C19H13BrClN3O3. The summed E-state index contributed by atoms with van der Waals surface area (Å²) in [5.74, 6) is 1.01. The first-order valence-electron chi connectivity index (χ1n) is 8.09. The van der Waals surface area contributed by atoms with E-state index >= 15 is 0 Å². The van der Waals surface area contributed by atoms with Crippen molar-refractivity contribution in [3.05, 3.63) is 63.2 Å². The summed E-state index contributed by atoms with van der Waals surface area (Å²) in [7, 11) is 0. The molecule has 0 radical (unpaired) electrons. The quantitative estimate of drug-likeness (QED) is 0.372. The van der Waals surface area contributed by atoms with E-state index in [1.54, 1.807) is 30.3 Å². The van der Waals surface area contributed by atoms with Gasteiger partial charge in [-0.2, -0.15) is 5.10 Å². The molecular weight excluding hydrogens is 434 g/mol. The van der Waals surface area contributed by atoms with Crippen molar-refractivity contribution in [1.82, 2.24) is 10.4 Å². The monoisotopic (exact) mass is 445 g/mol. The number of nitrogens with one attached hydrogen (secondary N) is 1. The lowest BCUT2D eigenvalue weighted by Crippen LogP contribution is -2.17. The molecule has 0 aliphatic carbocycles. The number of benzene rings is 2. The average Bonchev–Trinajstić information content (AvgIpc) is 2.67. The van der Waals surface area contributed by atoms with E-state index in [9.17, 15) is 4.79 Å². The molecule has 27 heavy (non-hydrogen) atoms. The number of halogens is 2. The Kier molecular flexibility index (Phi) is 4.96. The number of fused-ring (bicyclic) bond motifs is 2. The number of nitrogens with zero attached hydrogens (tertiary/aromatic N) is 2. The molecule has 1 aliphatic heterocycles. The maximum Gasteiger partial charge on any atom is 0.271 e. The van der Waals surface area contributed by atoms with E-state index in [4.69, 9.17) is 21.1 Å². The van der Waals surface area contributed by atoms with Crippen LogP contribution in [0.25, 0.3) is 10.9 Å². The van der Waals surface area contributed by atoms with Crippen LogP contribution >= 0.6 is 27.5 Å². The summed E-state index contributed by atoms with van der Waals surface area (Å²) in [4.78, 5) is 16.5. The van der Waals surface area contributed by atoms with Crippen LogP contribution in [0.4, 0.5) is 0 Å². The van der Waals surface area contributed by atoms with E-state index in [0.29, 0.717) is 41.4 Å². The lowest BCUT2D eigenvalue weighted by Gasteiger charge is -2.18. The minimum Gasteiger partial charge on any atom is -0.486 e. The van der Waals surface area contributed by atoms with Gasteiger partial charge in [0.25, 0.3) is 5.91 Å². The summed E-state index contributed by atoms with van der Waals surface area (Å²) in [6.07, 6.45) is 1.46. The molecule has 136 valence electrons. The highest BCUT2D eigenvalue weighted by atomic mass is 79.9. The second-order valence-electron chi connectivity index (χ2n) is 5.76. The molecule has 2 heterocycles. The molecule has 1 amide bonds. The Labute approximate surface area is 168 Å². The minimum atomic E-state index is -0.316. The first-order valence-corrected chi connectivity index (χ1v) is 9.26. The molecule has 6 nitrogen and oxygen atoms in total. The molecule has 4 rings (SSSR count). The van der Waals surface area contributed by atoms with Gasteiger partial charge in [-0.05, 0) is 36.4 Å². The predicted molar refractivity (Wildman–Crippen MR) is 107 cm³/mol. The fourth-order valence-electron chi connectivity index (χ4n) is 2.62. The van der Waals surface area contributed by atoms with Gasteiger partial charge in [-0.3, -0.25) is 4.79 Å². The molecule has 0 unspecified atom stereocenters. The molecule has 0 bridgehead atoms. The van der Waals surface area contributed by atoms with Crippen LogP contribution < -0.4 is 14.9 Å². The Morgan fingerprint density at radius 3 is 2.59 bits per heavy atom. The summed E-state index contributed by atoms with van der Waals surface area (Å²) in [6.45, 7) is 1.02. The van der Waals surface area contributed by atoms with Crippen molar-refractivity contribution in [2.75, 3.05) is 13.2 Å². The number of hydrogen-bond acceptors (Lipinski definition) is 5. The Hall–Kier alpha value is -2.64. The zero-order chi connectivity index (χ0) is 18.8. The van der Waals surface area contributed by atoms with E-state index in [0.717, 1.165) is 9.86 Å². The molecule has 0 saturated carbocycles. The van der Waals surface area contributed by atoms with E-state index in [-0.39, 0.29) is 11.1 Å². The van der Waals surface area contributed by atoms with E-state index in [2.05, 4.69) is 31.4 Å². The zero-order valence-corrected chi connectivity index (χ0v) is 16.3. The number of hydrazone groups is 1. The molecule has 1 aliphatic rings. The maximum atomic E-state index is 12.1. The van der Waals surface area contributed by atoms with Crippen molar-refractivity contribution >= 4 is 50.6 Å². The molecule has 1 aromatic heterocycles. The summed E-state index contributed by atoms with van der Waals surface area (Å²) in [5.41, 5.74) is 4.25. The largest absolute Gasteiger partial charge is 0.486 e. The first-order chi connectivity index (χ1) is 13.1. The lowest BCUT2D eigenvalue weighted by molar-refractivity contribution is 0.0955. The van der Waals surface area contributed by atoms with Crippen molar-refractivity contribution in [3.63, 3.8) is 0 Å². The van der Waals surface area contributed by atoms with E-state index in [1.807, 2.05) is 12.1 Å². The van der Waals surface area contributed by atoms with Gasteiger partial charge in [0.15, 0.2) is 11.5 Å². The van der Waals surface area contributed by atoms with Crippen LogP contribution in [-0.2, 0) is 0 Å². The van der Waals surface area contributed by atoms with Crippen LogP contribution in [0.1, 0.15) is 15.9 Å². The summed E-state index contributed by atoms with van der Waals surface area (Å²) < 4.78 is 12.0. The minimum absolute atomic E-state index is 0.279. The van der Waals surface area contributed by atoms with Crippen LogP contribution in [-0.4, -0.2) is 30.3 Å². The van der Waals surface area contributed by atoms with Crippen molar-refractivity contribution in [1.29, 1.82) is 0 Å². The van der Waals surface area contributed by atoms with Crippen molar-refractivity contribution in [2.24, 2.45) is 5.10 Å². The maximum absolute atomic E-state index is 12.1. The number of amides is 1. The highest BCUT2D eigenvalue weighted by Gasteiger charge is 2.14. The fourth-order valence-corrected chi connectivity index (χ4v) is 3.08. The number of hydrogen-bond donors (Lipinski definition) is 1. The normalized spacial score (nSPS) is 13.1. The topological polar surface area (TPSA) is 72.8 Å². The van der Waals surface area contributed by atoms with Gasteiger partial charge in [-0.25, -0.2) is 10.4 Å². The van der Waals surface area contributed by atoms with Gasteiger partial charge < -0.3 is 9.47 Å². The zero-order valence-electron chi connectivity index (χ0n) is 13.9. The second-order valence-corrected chi connectivity index (χ2v) is 7.04. The number of ether oxygens (including phenoxy) is 2. The highest BCUT2D eigenvalue weighted by molar-refractivity contribution is 9.10. The molecule has 1 N–H and O–H groups in total. The summed E-state index contributed by atoms with van der Waals surface area (Å²) >= 11 is 9.57. The van der Waals surface area contributed by atoms with E-state index in [1.165, 1.54) is 6.21 Å². The van der Waals surface area contributed by atoms with Gasteiger partial charge in [0.1, 0.15) is 18.4 Å². The molecule has 0 spiro atoms. The van der Waals surface area contributed by atoms with Crippen LogP contribution in [0.2, 0.25) is 5.15 Å². The molecule has 0 fully saturated rings. The average molecular weight is 447 g/mol. The van der Waals surface area contributed by atoms with Crippen molar-refractivity contribution in [2.45, 2.75) is 0 Å². The third-order valence-electron chi connectivity index (χ3n) is 3.94. The van der Waals surface area contributed by atoms with Crippen molar-refractivity contribution < 1.29 is 14.3 Å². The van der Waals surface area contributed by atoms with Gasteiger partial charge in [0.05, 0.1) is 11.7 Å². The first kappa shape index (κ1) is 17.8. The van der Waals surface area contributed by atoms with Crippen LogP contribution in [0.5, 0.6) is 11.5 Å². The predicted octanol–water partition coefficient (Wildman–Crippen LogP) is 4.19. The van der Waals surface area contributed by atoms with Gasteiger partial charge in [0.2, 0.25) is 0 Å². The van der Waals surface area contributed by atoms with Gasteiger partial charge in [-0.1, -0.05) is 27.5 Å². The Morgan fingerprint density at radius 2 is 1.85 bits per heavy atom. The number of aromatic nitrogens is 1. The Bertz CT molecular complexity index is 1050. The summed E-state index contributed by atoms with van der Waals surface area (Å²) in [5, 5.41) is 5.09. The highest BCUT2D eigenvalue weighted by Crippen LogP contribution is 2.34. The number of rotatable bonds is 3. The second kappa shape index (κ2) is 7.54. The van der Waals surface area contributed by atoms with Gasteiger partial charge in [0, 0.05) is 27.1 Å². The summed E-state index contributed by atoms with van der Waals surface area (Å²) in [6, 6.07) is 12.5. The van der Waals surface area contributed by atoms with Crippen LogP contribution in [0.3, 0.4) is 0 Å². The third-order valence-corrected chi connectivity index (χ3v) is 4.77. The van der Waals surface area contributed by atoms with Gasteiger partial charge in [-0.15, -0.1) is 0 Å². The molecule has 0 atom stereocenters.